The topological polar surface area (TPSA) is 21.1 Å². The molecule has 0 aliphatic rings. The van der Waals surface area contributed by atoms with Gasteiger partial charge in [0.15, 0.2) is 0 Å². The molecule has 2 aromatic rings. The quantitative estimate of drug-likeness (QED) is 0.789. The number of hydrogen-bond acceptors (Lipinski definition) is 2. The maximum absolute atomic E-state index is 4.45. The van der Waals surface area contributed by atoms with Crippen molar-refractivity contribution in [3.05, 3.63) is 30.1 Å². The highest BCUT2D eigenvalue weighted by molar-refractivity contribution is 5.75. The van der Waals surface area contributed by atoms with E-state index in [0.717, 1.165) is 31.7 Å². The number of aromatic nitrogens is 2. The van der Waals surface area contributed by atoms with Gasteiger partial charge in [0.25, 0.3) is 0 Å². The number of likely N-dealkylation sites (N-methyl/N-ethyl adjacent to an activating group) is 1. The predicted molar refractivity (Wildman–Crippen MR) is 72.3 cm³/mol. The number of hydrogen-bond donors (Lipinski definition) is 0. The van der Waals surface area contributed by atoms with Gasteiger partial charge in [-0.05, 0) is 37.7 Å². The molecule has 3 heteroatoms. The molecule has 0 spiro atoms. The maximum Gasteiger partial charge on any atom is 0.0958 e. The van der Waals surface area contributed by atoms with Gasteiger partial charge in [-0.1, -0.05) is 19.9 Å². The molecule has 92 valence electrons. The van der Waals surface area contributed by atoms with Gasteiger partial charge in [-0.3, -0.25) is 0 Å². The molecule has 0 saturated carbocycles. The lowest BCUT2D eigenvalue weighted by molar-refractivity contribution is 0.292. The Morgan fingerprint density at radius 3 is 2.71 bits per heavy atom. The molecule has 0 saturated heterocycles. The molecule has 2 rings (SSSR count). The first-order valence-electron chi connectivity index (χ1n) is 6.38. The molecule has 0 fully saturated rings. The van der Waals surface area contributed by atoms with E-state index in [1.807, 2.05) is 6.33 Å². The Balaban J connectivity index is 2.14. The number of nitrogens with zero attached hydrogens (tertiary/aromatic N) is 3. The van der Waals surface area contributed by atoms with Crippen molar-refractivity contribution in [2.24, 2.45) is 0 Å². The van der Waals surface area contributed by atoms with Crippen LogP contribution in [0.5, 0.6) is 0 Å². The third kappa shape index (κ3) is 2.67. The summed E-state index contributed by atoms with van der Waals surface area (Å²) in [5, 5.41) is 0. The Bertz CT molecular complexity index is 483. The second kappa shape index (κ2) is 5.32. The van der Waals surface area contributed by atoms with E-state index in [4.69, 9.17) is 0 Å². The standard InChI is InChI=1S/C14H21N3/c1-4-16(5-2)8-9-17-11-15-13-10-12(3)6-7-14(13)17/h6-7,10-11H,4-5,8-9H2,1-3H3. The van der Waals surface area contributed by atoms with Crippen LogP contribution in [0.3, 0.4) is 0 Å². The zero-order valence-electron chi connectivity index (χ0n) is 11.0. The Morgan fingerprint density at radius 1 is 1.24 bits per heavy atom. The number of rotatable bonds is 5. The number of aryl methyl sites for hydroxylation is 1. The molecule has 0 unspecified atom stereocenters. The van der Waals surface area contributed by atoms with Gasteiger partial charge in [0.1, 0.15) is 0 Å². The van der Waals surface area contributed by atoms with Crippen molar-refractivity contribution in [1.82, 2.24) is 14.5 Å². The van der Waals surface area contributed by atoms with E-state index in [1.165, 1.54) is 11.1 Å². The third-order valence-corrected chi connectivity index (χ3v) is 3.33. The van der Waals surface area contributed by atoms with Crippen molar-refractivity contribution < 1.29 is 0 Å². The van der Waals surface area contributed by atoms with Crippen LogP contribution in [0.25, 0.3) is 11.0 Å². The lowest BCUT2D eigenvalue weighted by Gasteiger charge is -2.18. The molecule has 0 atom stereocenters. The highest BCUT2D eigenvalue weighted by Crippen LogP contribution is 2.14. The summed E-state index contributed by atoms with van der Waals surface area (Å²) in [6.07, 6.45) is 1.95. The van der Waals surface area contributed by atoms with Gasteiger partial charge >= 0.3 is 0 Å². The van der Waals surface area contributed by atoms with Gasteiger partial charge in [0.05, 0.1) is 17.4 Å². The molecule has 0 amide bonds. The molecule has 0 aliphatic carbocycles. The van der Waals surface area contributed by atoms with Crippen molar-refractivity contribution >= 4 is 11.0 Å². The third-order valence-electron chi connectivity index (χ3n) is 3.33. The summed E-state index contributed by atoms with van der Waals surface area (Å²) < 4.78 is 2.24. The normalized spacial score (nSPS) is 11.5. The van der Waals surface area contributed by atoms with Crippen LogP contribution in [-0.4, -0.2) is 34.1 Å². The number of imidazole rings is 1. The van der Waals surface area contributed by atoms with Crippen molar-refractivity contribution in [1.29, 1.82) is 0 Å². The lowest BCUT2D eigenvalue weighted by Crippen LogP contribution is -2.26. The fourth-order valence-corrected chi connectivity index (χ4v) is 2.14. The van der Waals surface area contributed by atoms with Gasteiger partial charge in [0.2, 0.25) is 0 Å². The van der Waals surface area contributed by atoms with Crippen molar-refractivity contribution in [3.63, 3.8) is 0 Å². The summed E-state index contributed by atoms with van der Waals surface area (Å²) >= 11 is 0. The van der Waals surface area contributed by atoms with Gasteiger partial charge < -0.3 is 9.47 Å². The molecule has 0 aliphatic heterocycles. The first-order chi connectivity index (χ1) is 8.24. The van der Waals surface area contributed by atoms with Crippen molar-refractivity contribution in [3.8, 4) is 0 Å². The molecule has 1 heterocycles. The SMILES string of the molecule is CCN(CC)CCn1cnc2cc(C)ccc21. The second-order valence-corrected chi connectivity index (χ2v) is 4.46. The van der Waals surface area contributed by atoms with E-state index in [-0.39, 0.29) is 0 Å². The summed E-state index contributed by atoms with van der Waals surface area (Å²) in [5.74, 6) is 0. The van der Waals surface area contributed by atoms with E-state index >= 15 is 0 Å². The van der Waals surface area contributed by atoms with Crippen LogP contribution in [0.2, 0.25) is 0 Å². The van der Waals surface area contributed by atoms with Crippen LogP contribution in [-0.2, 0) is 6.54 Å². The zero-order chi connectivity index (χ0) is 12.3. The molecule has 0 N–H and O–H groups in total. The number of fused-ring (bicyclic) bond motifs is 1. The van der Waals surface area contributed by atoms with Crippen LogP contribution < -0.4 is 0 Å². The lowest BCUT2D eigenvalue weighted by atomic mass is 10.2. The Morgan fingerprint density at radius 2 is 2.00 bits per heavy atom. The summed E-state index contributed by atoms with van der Waals surface area (Å²) in [5.41, 5.74) is 3.61. The van der Waals surface area contributed by atoms with Gasteiger partial charge in [-0.2, -0.15) is 0 Å². The molecular weight excluding hydrogens is 210 g/mol. The average Bonchev–Trinajstić information content (AvgIpc) is 2.73. The molecule has 3 nitrogen and oxygen atoms in total. The highest BCUT2D eigenvalue weighted by atomic mass is 15.1. The summed E-state index contributed by atoms with van der Waals surface area (Å²) in [6.45, 7) is 10.9. The summed E-state index contributed by atoms with van der Waals surface area (Å²) in [7, 11) is 0. The van der Waals surface area contributed by atoms with Gasteiger partial charge in [0, 0.05) is 13.1 Å². The van der Waals surface area contributed by atoms with Gasteiger partial charge in [-0.15, -0.1) is 0 Å². The second-order valence-electron chi connectivity index (χ2n) is 4.46. The van der Waals surface area contributed by atoms with Crippen LogP contribution in [0.1, 0.15) is 19.4 Å². The van der Waals surface area contributed by atoms with Crippen LogP contribution >= 0.6 is 0 Å². The fourth-order valence-electron chi connectivity index (χ4n) is 2.14. The minimum absolute atomic E-state index is 1.02. The number of benzene rings is 1. The van der Waals surface area contributed by atoms with Gasteiger partial charge in [-0.25, -0.2) is 4.98 Å². The minimum Gasteiger partial charge on any atom is -0.329 e. The molecular formula is C14H21N3. The highest BCUT2D eigenvalue weighted by Gasteiger charge is 2.04. The molecule has 1 aromatic carbocycles. The molecule has 1 aromatic heterocycles. The monoisotopic (exact) mass is 231 g/mol. The van der Waals surface area contributed by atoms with E-state index in [2.05, 4.69) is 53.4 Å². The zero-order valence-corrected chi connectivity index (χ0v) is 11.0. The van der Waals surface area contributed by atoms with Crippen LogP contribution in [0, 0.1) is 6.92 Å². The van der Waals surface area contributed by atoms with Crippen LogP contribution in [0.15, 0.2) is 24.5 Å². The Labute approximate surface area is 103 Å². The largest absolute Gasteiger partial charge is 0.329 e. The summed E-state index contributed by atoms with van der Waals surface area (Å²) in [6, 6.07) is 6.46. The summed E-state index contributed by atoms with van der Waals surface area (Å²) in [4.78, 5) is 6.88. The Hall–Kier alpha value is -1.35. The maximum atomic E-state index is 4.45. The first kappa shape index (κ1) is 12.1. The molecule has 0 radical (unpaired) electrons. The predicted octanol–water partition coefficient (Wildman–Crippen LogP) is 2.69. The van der Waals surface area contributed by atoms with Crippen molar-refractivity contribution in [2.45, 2.75) is 27.3 Å². The molecule has 0 bridgehead atoms. The Kier molecular flexibility index (Phi) is 3.79. The first-order valence-corrected chi connectivity index (χ1v) is 6.38. The minimum atomic E-state index is 1.02. The van der Waals surface area contributed by atoms with E-state index in [9.17, 15) is 0 Å². The fraction of sp³-hybridized carbons (Fsp3) is 0.500. The van der Waals surface area contributed by atoms with E-state index in [0.29, 0.717) is 0 Å². The van der Waals surface area contributed by atoms with Crippen molar-refractivity contribution in [2.75, 3.05) is 19.6 Å². The van der Waals surface area contributed by atoms with E-state index in [1.54, 1.807) is 0 Å². The van der Waals surface area contributed by atoms with E-state index < -0.39 is 0 Å². The van der Waals surface area contributed by atoms with Crippen LogP contribution in [0.4, 0.5) is 0 Å². The smallest absolute Gasteiger partial charge is 0.0958 e. The molecule has 17 heavy (non-hydrogen) atoms. The average molecular weight is 231 g/mol.